The Labute approximate surface area is 112 Å². The van der Waals surface area contributed by atoms with Crippen LogP contribution in [0, 0.1) is 0 Å². The van der Waals surface area contributed by atoms with Crippen molar-refractivity contribution in [1.82, 2.24) is 0 Å². The summed E-state index contributed by atoms with van der Waals surface area (Å²) in [6, 6.07) is 6.49. The van der Waals surface area contributed by atoms with Gasteiger partial charge in [-0.1, -0.05) is 15.9 Å². The van der Waals surface area contributed by atoms with Gasteiger partial charge in [0.05, 0.1) is 17.5 Å². The number of benzene rings is 1. The fourth-order valence-electron chi connectivity index (χ4n) is 1.58. The van der Waals surface area contributed by atoms with E-state index in [4.69, 9.17) is 4.74 Å². The van der Waals surface area contributed by atoms with Gasteiger partial charge in [0.1, 0.15) is 0 Å². The molecular weight excluding hydrogens is 280 g/mol. The lowest BCUT2D eigenvalue weighted by atomic mass is 10.2. The summed E-state index contributed by atoms with van der Waals surface area (Å²) >= 11 is 3.50. The largest absolute Gasteiger partial charge is 0.380 e. The summed E-state index contributed by atoms with van der Waals surface area (Å²) in [5, 5.41) is 3.49. The first-order chi connectivity index (χ1) is 7.95. The molecule has 0 aliphatic carbocycles. The number of nitrogens with zero attached hydrogens (tertiary/aromatic N) is 1. The maximum Gasteiger partial charge on any atom is 0.0741 e. The van der Waals surface area contributed by atoms with Crippen molar-refractivity contribution >= 4 is 27.3 Å². The molecule has 0 saturated heterocycles. The van der Waals surface area contributed by atoms with Gasteiger partial charge in [0, 0.05) is 31.7 Å². The monoisotopic (exact) mass is 300 g/mol. The third-order valence-corrected chi connectivity index (χ3v) is 3.39. The molecule has 0 heterocycles. The fourth-order valence-corrected chi connectivity index (χ4v) is 1.94. The number of rotatable bonds is 5. The summed E-state index contributed by atoms with van der Waals surface area (Å²) in [5.74, 6) is 0. The number of nitrogens with one attached hydrogen (secondary N) is 1. The van der Waals surface area contributed by atoms with Crippen LogP contribution in [0.15, 0.2) is 22.7 Å². The standard InChI is InChI=1S/C13H21BrN2O/c1-9(10(2)17-5)15-12-8-11(14)6-7-13(12)16(3)4/h6-10,15H,1-5H3. The molecule has 0 saturated carbocycles. The summed E-state index contributed by atoms with van der Waals surface area (Å²) in [6.07, 6.45) is 0.170. The second kappa shape index (κ2) is 6.26. The van der Waals surface area contributed by atoms with Crippen molar-refractivity contribution in [2.45, 2.75) is 26.0 Å². The highest BCUT2D eigenvalue weighted by atomic mass is 79.9. The Hall–Kier alpha value is -0.740. The zero-order chi connectivity index (χ0) is 13.0. The van der Waals surface area contributed by atoms with E-state index < -0.39 is 0 Å². The predicted molar refractivity (Wildman–Crippen MR) is 78.0 cm³/mol. The average molecular weight is 301 g/mol. The van der Waals surface area contributed by atoms with Gasteiger partial charge in [-0.05, 0) is 32.0 Å². The van der Waals surface area contributed by atoms with E-state index >= 15 is 0 Å². The third kappa shape index (κ3) is 3.89. The van der Waals surface area contributed by atoms with Gasteiger partial charge < -0.3 is 15.0 Å². The smallest absolute Gasteiger partial charge is 0.0741 e. The normalized spacial score (nSPS) is 14.2. The maximum atomic E-state index is 5.33. The quantitative estimate of drug-likeness (QED) is 0.902. The van der Waals surface area contributed by atoms with Crippen LogP contribution in [-0.2, 0) is 4.74 Å². The molecule has 0 bridgehead atoms. The van der Waals surface area contributed by atoms with E-state index in [2.05, 4.69) is 52.1 Å². The fraction of sp³-hybridized carbons (Fsp3) is 0.538. The van der Waals surface area contributed by atoms with Crippen LogP contribution in [0.3, 0.4) is 0 Å². The van der Waals surface area contributed by atoms with Gasteiger partial charge >= 0.3 is 0 Å². The van der Waals surface area contributed by atoms with Crippen molar-refractivity contribution in [3.05, 3.63) is 22.7 Å². The Bertz CT molecular complexity index is 368. The molecular formula is C13H21BrN2O. The molecule has 17 heavy (non-hydrogen) atoms. The van der Waals surface area contributed by atoms with Crippen LogP contribution in [0.1, 0.15) is 13.8 Å². The number of hydrogen-bond donors (Lipinski definition) is 1. The van der Waals surface area contributed by atoms with E-state index in [1.165, 1.54) is 5.69 Å². The molecule has 0 radical (unpaired) electrons. The summed E-state index contributed by atoms with van der Waals surface area (Å²) in [6.45, 7) is 4.18. The molecule has 0 aliphatic heterocycles. The van der Waals surface area contributed by atoms with E-state index in [1.54, 1.807) is 7.11 Å². The molecule has 0 aliphatic rings. The van der Waals surface area contributed by atoms with Crippen LogP contribution in [0.5, 0.6) is 0 Å². The number of halogens is 1. The van der Waals surface area contributed by atoms with Crippen molar-refractivity contribution < 1.29 is 4.74 Å². The summed E-state index contributed by atoms with van der Waals surface area (Å²) in [4.78, 5) is 2.10. The van der Waals surface area contributed by atoms with Crippen molar-refractivity contribution in [1.29, 1.82) is 0 Å². The van der Waals surface area contributed by atoms with Crippen LogP contribution < -0.4 is 10.2 Å². The van der Waals surface area contributed by atoms with Crippen LogP contribution in [0.2, 0.25) is 0 Å². The van der Waals surface area contributed by atoms with Gasteiger partial charge in [0.25, 0.3) is 0 Å². The Morgan fingerprint density at radius 2 is 1.94 bits per heavy atom. The van der Waals surface area contributed by atoms with E-state index in [-0.39, 0.29) is 12.1 Å². The summed E-state index contributed by atoms with van der Waals surface area (Å²) in [7, 11) is 5.81. The number of ether oxygens (including phenoxy) is 1. The van der Waals surface area contributed by atoms with Crippen molar-refractivity contribution in [3.63, 3.8) is 0 Å². The average Bonchev–Trinajstić information content (AvgIpc) is 2.27. The second-order valence-electron chi connectivity index (χ2n) is 4.43. The SMILES string of the molecule is COC(C)C(C)Nc1cc(Br)ccc1N(C)C. The molecule has 0 aromatic heterocycles. The molecule has 96 valence electrons. The molecule has 2 atom stereocenters. The lowest BCUT2D eigenvalue weighted by Crippen LogP contribution is -2.30. The minimum absolute atomic E-state index is 0.170. The topological polar surface area (TPSA) is 24.5 Å². The van der Waals surface area contributed by atoms with Gasteiger partial charge in [-0.15, -0.1) is 0 Å². The maximum absolute atomic E-state index is 5.33. The van der Waals surface area contributed by atoms with Crippen molar-refractivity contribution in [3.8, 4) is 0 Å². The number of hydrogen-bond acceptors (Lipinski definition) is 3. The predicted octanol–water partition coefficient (Wildman–Crippen LogP) is 3.35. The highest BCUT2D eigenvalue weighted by Gasteiger charge is 2.13. The zero-order valence-corrected chi connectivity index (χ0v) is 12.7. The highest BCUT2D eigenvalue weighted by molar-refractivity contribution is 9.10. The molecule has 1 N–H and O–H groups in total. The zero-order valence-electron chi connectivity index (χ0n) is 11.1. The van der Waals surface area contributed by atoms with Crippen molar-refractivity contribution in [2.75, 3.05) is 31.4 Å². The molecule has 1 rings (SSSR count). The Balaban J connectivity index is 2.92. The first-order valence-corrected chi connectivity index (χ1v) is 6.51. The summed E-state index contributed by atoms with van der Waals surface area (Å²) < 4.78 is 6.40. The molecule has 0 amide bonds. The lowest BCUT2D eigenvalue weighted by Gasteiger charge is -2.25. The lowest BCUT2D eigenvalue weighted by molar-refractivity contribution is 0.106. The first-order valence-electron chi connectivity index (χ1n) is 5.72. The number of anilines is 2. The van der Waals surface area contributed by atoms with E-state index in [1.807, 2.05) is 20.2 Å². The molecule has 0 fully saturated rings. The minimum atomic E-state index is 0.170. The molecule has 1 aromatic rings. The number of methoxy groups -OCH3 is 1. The van der Waals surface area contributed by atoms with E-state index in [9.17, 15) is 0 Å². The van der Waals surface area contributed by atoms with Gasteiger partial charge in [-0.3, -0.25) is 0 Å². The molecule has 0 spiro atoms. The molecule has 2 unspecified atom stereocenters. The summed E-state index contributed by atoms with van der Waals surface area (Å²) in [5.41, 5.74) is 2.28. The van der Waals surface area contributed by atoms with Gasteiger partial charge in [0.15, 0.2) is 0 Å². The molecule has 1 aromatic carbocycles. The first kappa shape index (κ1) is 14.3. The van der Waals surface area contributed by atoms with Crippen molar-refractivity contribution in [2.24, 2.45) is 0 Å². The van der Waals surface area contributed by atoms with Gasteiger partial charge in [-0.2, -0.15) is 0 Å². The molecule has 3 nitrogen and oxygen atoms in total. The van der Waals surface area contributed by atoms with E-state index in [0.29, 0.717) is 0 Å². The molecule has 4 heteroatoms. The third-order valence-electron chi connectivity index (χ3n) is 2.90. The van der Waals surface area contributed by atoms with Crippen LogP contribution in [-0.4, -0.2) is 33.4 Å². The second-order valence-corrected chi connectivity index (χ2v) is 5.35. The van der Waals surface area contributed by atoms with Crippen LogP contribution in [0.4, 0.5) is 11.4 Å². The minimum Gasteiger partial charge on any atom is -0.380 e. The highest BCUT2D eigenvalue weighted by Crippen LogP contribution is 2.28. The Kier molecular flexibility index (Phi) is 5.28. The van der Waals surface area contributed by atoms with Gasteiger partial charge in [0.2, 0.25) is 0 Å². The van der Waals surface area contributed by atoms with Crippen LogP contribution in [0.25, 0.3) is 0 Å². The Morgan fingerprint density at radius 3 is 2.47 bits per heavy atom. The Morgan fingerprint density at radius 1 is 1.29 bits per heavy atom. The van der Waals surface area contributed by atoms with Crippen LogP contribution >= 0.6 is 15.9 Å². The van der Waals surface area contributed by atoms with Gasteiger partial charge in [-0.25, -0.2) is 0 Å². The van der Waals surface area contributed by atoms with E-state index in [0.717, 1.165) is 10.2 Å².